The molecule has 5 atom stereocenters. The lowest BCUT2D eigenvalue weighted by Gasteiger charge is -2.40. The van der Waals surface area contributed by atoms with Crippen molar-refractivity contribution in [2.45, 2.75) is 31.3 Å². The van der Waals surface area contributed by atoms with E-state index in [2.05, 4.69) is 16.6 Å². The van der Waals surface area contributed by atoms with E-state index in [1.165, 1.54) is 6.08 Å². The first-order valence-electron chi connectivity index (χ1n) is 4.76. The Morgan fingerprint density at radius 2 is 2.20 bits per heavy atom. The van der Waals surface area contributed by atoms with Gasteiger partial charge >= 0.3 is 0 Å². The van der Waals surface area contributed by atoms with Gasteiger partial charge in [0.1, 0.15) is 6.10 Å². The molecule has 0 radical (unpaired) electrons. The second-order valence-corrected chi connectivity index (χ2v) is 3.59. The van der Waals surface area contributed by atoms with Crippen LogP contribution in [0.1, 0.15) is 6.92 Å². The van der Waals surface area contributed by atoms with Crippen molar-refractivity contribution in [1.29, 1.82) is 0 Å². The third-order valence-electron chi connectivity index (χ3n) is 2.64. The van der Waals surface area contributed by atoms with E-state index in [1.807, 2.05) is 0 Å². The number of aliphatic hydroxyl groups excluding tert-OH is 2. The zero-order valence-corrected chi connectivity index (χ0v) is 8.52. The van der Waals surface area contributed by atoms with Gasteiger partial charge < -0.3 is 14.9 Å². The van der Waals surface area contributed by atoms with Gasteiger partial charge in [-0.05, 0) is 12.5 Å². The molecule has 1 rings (SSSR count). The summed E-state index contributed by atoms with van der Waals surface area (Å²) in [7, 11) is 0. The third-order valence-corrected chi connectivity index (χ3v) is 2.64. The van der Waals surface area contributed by atoms with Crippen LogP contribution in [0.5, 0.6) is 0 Å². The van der Waals surface area contributed by atoms with Gasteiger partial charge in [-0.15, -0.1) is 6.58 Å². The first-order valence-corrected chi connectivity index (χ1v) is 4.76. The Hall–Kier alpha value is -1.07. The van der Waals surface area contributed by atoms with Gasteiger partial charge in [-0.25, -0.2) is 0 Å². The van der Waals surface area contributed by atoms with Gasteiger partial charge in [-0.1, -0.05) is 11.2 Å². The number of hydrogen-bond acceptors (Lipinski definition) is 4. The maximum atomic E-state index is 9.74. The fraction of sp³-hybridized carbons (Fsp3) is 0.778. The van der Waals surface area contributed by atoms with E-state index in [9.17, 15) is 10.2 Å². The summed E-state index contributed by atoms with van der Waals surface area (Å²) < 4.78 is 5.43. The second-order valence-electron chi connectivity index (χ2n) is 3.59. The van der Waals surface area contributed by atoms with E-state index in [0.717, 1.165) is 0 Å². The van der Waals surface area contributed by atoms with Crippen molar-refractivity contribution < 1.29 is 14.9 Å². The molecule has 0 aromatic heterocycles. The van der Waals surface area contributed by atoms with E-state index >= 15 is 0 Å². The van der Waals surface area contributed by atoms with Crippen LogP contribution in [0.25, 0.3) is 10.4 Å². The molecule has 0 aromatic carbocycles. The Bertz CT molecular complexity index is 278. The lowest BCUT2D eigenvalue weighted by molar-refractivity contribution is -0.179. The van der Waals surface area contributed by atoms with Crippen molar-refractivity contribution in [2.24, 2.45) is 11.0 Å². The average molecular weight is 213 g/mol. The minimum Gasteiger partial charge on any atom is -0.390 e. The number of azide groups is 1. The van der Waals surface area contributed by atoms with Crippen LogP contribution in [0.3, 0.4) is 0 Å². The molecule has 1 fully saturated rings. The van der Waals surface area contributed by atoms with E-state index in [1.54, 1.807) is 6.92 Å². The smallest absolute Gasteiger partial charge is 0.106 e. The minimum absolute atomic E-state index is 0.126. The zero-order valence-electron chi connectivity index (χ0n) is 8.52. The molecule has 6 heteroatoms. The number of ether oxygens (including phenoxy) is 1. The van der Waals surface area contributed by atoms with E-state index in [-0.39, 0.29) is 6.54 Å². The number of rotatable bonds is 3. The summed E-state index contributed by atoms with van der Waals surface area (Å²) in [6.45, 7) is 5.36. The predicted molar refractivity (Wildman–Crippen MR) is 54.0 cm³/mol. The summed E-state index contributed by atoms with van der Waals surface area (Å²) in [5.41, 5.74) is 8.20. The number of nitrogens with zero attached hydrogens (tertiary/aromatic N) is 3. The van der Waals surface area contributed by atoms with Crippen LogP contribution in [-0.2, 0) is 4.74 Å². The maximum Gasteiger partial charge on any atom is 0.106 e. The SMILES string of the molecule is C=C[C@H]1C(CN=[N+]=[N-])O[C@@H](C)C(O)[C@@H]1O. The molecular weight excluding hydrogens is 198 g/mol. The predicted octanol–water partition coefficient (Wildman–Crippen LogP) is 0.608. The Kier molecular flexibility index (Phi) is 4.11. The van der Waals surface area contributed by atoms with Crippen molar-refractivity contribution in [2.75, 3.05) is 6.54 Å². The summed E-state index contributed by atoms with van der Waals surface area (Å²) in [5, 5.41) is 22.7. The van der Waals surface area contributed by atoms with Crippen molar-refractivity contribution in [3.8, 4) is 0 Å². The van der Waals surface area contributed by atoms with Gasteiger partial charge in [-0.2, -0.15) is 0 Å². The first kappa shape index (κ1) is 12.0. The fourth-order valence-corrected chi connectivity index (χ4v) is 1.75. The van der Waals surface area contributed by atoms with Crippen LogP contribution >= 0.6 is 0 Å². The highest BCUT2D eigenvalue weighted by Gasteiger charge is 2.40. The second kappa shape index (κ2) is 5.14. The Labute approximate surface area is 87.8 Å². The summed E-state index contributed by atoms with van der Waals surface area (Å²) in [5.74, 6) is -0.415. The highest BCUT2D eigenvalue weighted by atomic mass is 16.5. The molecule has 1 aliphatic heterocycles. The van der Waals surface area contributed by atoms with Gasteiger partial charge in [0.15, 0.2) is 0 Å². The van der Waals surface area contributed by atoms with Crippen LogP contribution in [0, 0.1) is 5.92 Å². The number of aliphatic hydroxyl groups is 2. The molecule has 84 valence electrons. The molecule has 0 aromatic rings. The fourth-order valence-electron chi connectivity index (χ4n) is 1.75. The van der Waals surface area contributed by atoms with Gasteiger partial charge in [-0.3, -0.25) is 0 Å². The normalized spacial score (nSPS) is 40.6. The minimum atomic E-state index is -0.935. The highest BCUT2D eigenvalue weighted by molar-refractivity contribution is 4.99. The van der Waals surface area contributed by atoms with Gasteiger partial charge in [0.05, 0.1) is 24.9 Å². The van der Waals surface area contributed by atoms with Crippen LogP contribution in [0.2, 0.25) is 0 Å². The topological polar surface area (TPSA) is 98.5 Å². The molecule has 0 saturated carbocycles. The molecule has 1 aliphatic rings. The van der Waals surface area contributed by atoms with E-state index in [0.29, 0.717) is 0 Å². The molecule has 0 amide bonds. The van der Waals surface area contributed by atoms with Crippen LogP contribution in [-0.4, -0.2) is 41.2 Å². The molecule has 2 N–H and O–H groups in total. The van der Waals surface area contributed by atoms with Crippen molar-refractivity contribution >= 4 is 0 Å². The monoisotopic (exact) mass is 213 g/mol. The number of hydrogen-bond donors (Lipinski definition) is 2. The summed E-state index contributed by atoms with van der Waals surface area (Å²) in [6.07, 6.45) is -1.25. The maximum absolute atomic E-state index is 9.74. The first-order chi connectivity index (χ1) is 7.11. The largest absolute Gasteiger partial charge is 0.390 e. The van der Waals surface area contributed by atoms with E-state index in [4.69, 9.17) is 10.3 Å². The molecule has 0 bridgehead atoms. The lowest BCUT2D eigenvalue weighted by Crippen LogP contribution is -2.53. The quantitative estimate of drug-likeness (QED) is 0.311. The molecule has 15 heavy (non-hydrogen) atoms. The van der Waals surface area contributed by atoms with Crippen LogP contribution < -0.4 is 0 Å². The highest BCUT2D eigenvalue weighted by Crippen LogP contribution is 2.27. The van der Waals surface area contributed by atoms with E-state index < -0.39 is 30.3 Å². The van der Waals surface area contributed by atoms with Crippen molar-refractivity contribution in [3.63, 3.8) is 0 Å². The van der Waals surface area contributed by atoms with Crippen LogP contribution in [0.4, 0.5) is 0 Å². The third kappa shape index (κ3) is 2.49. The molecular formula is C9H15N3O3. The van der Waals surface area contributed by atoms with Crippen molar-refractivity contribution in [3.05, 3.63) is 23.1 Å². The Morgan fingerprint density at radius 3 is 2.73 bits per heavy atom. The van der Waals surface area contributed by atoms with Crippen LogP contribution in [0.15, 0.2) is 17.8 Å². The van der Waals surface area contributed by atoms with Crippen molar-refractivity contribution in [1.82, 2.24) is 0 Å². The molecule has 6 nitrogen and oxygen atoms in total. The Balaban J connectivity index is 2.76. The molecule has 1 heterocycles. The molecule has 2 unspecified atom stereocenters. The average Bonchev–Trinajstić information content (AvgIpc) is 2.23. The molecule has 0 aliphatic carbocycles. The van der Waals surface area contributed by atoms with Gasteiger partial charge in [0.2, 0.25) is 0 Å². The summed E-state index contributed by atoms with van der Waals surface area (Å²) in [4.78, 5) is 2.63. The standard InChI is InChI=1S/C9H15N3O3/c1-3-6-7(4-11-12-10)15-5(2)8(13)9(6)14/h3,5-9,13-14H,1,4H2,2H3/t5-,6-,7?,8?,9+/m0/s1. The van der Waals surface area contributed by atoms with Gasteiger partial charge in [0.25, 0.3) is 0 Å². The molecule has 1 saturated heterocycles. The summed E-state index contributed by atoms with van der Waals surface area (Å²) >= 11 is 0. The zero-order chi connectivity index (χ0) is 11.4. The lowest BCUT2D eigenvalue weighted by atomic mass is 9.87. The molecule has 0 spiro atoms. The summed E-state index contributed by atoms with van der Waals surface area (Å²) in [6, 6.07) is 0. The Morgan fingerprint density at radius 1 is 1.53 bits per heavy atom. The van der Waals surface area contributed by atoms with Gasteiger partial charge in [0, 0.05) is 10.8 Å².